The van der Waals surface area contributed by atoms with Crippen LogP contribution in [0.4, 0.5) is 5.69 Å². The van der Waals surface area contributed by atoms with Crippen molar-refractivity contribution in [2.24, 2.45) is 0 Å². The highest BCUT2D eigenvalue weighted by Crippen LogP contribution is 2.43. The van der Waals surface area contributed by atoms with Gasteiger partial charge in [0, 0.05) is 17.1 Å². The monoisotopic (exact) mass is 435 g/mol. The SMILES string of the molecule is CCOc1ccc2c(c1)c(C#N)c(-c1ccc(NS(=O)(=O)C3CC3)cc1)n2C1CCC1. The number of anilines is 1. The van der Waals surface area contributed by atoms with Crippen molar-refractivity contribution < 1.29 is 13.2 Å². The molecule has 2 saturated carbocycles. The quantitative estimate of drug-likeness (QED) is 0.552. The Morgan fingerprint density at radius 2 is 1.87 bits per heavy atom. The van der Waals surface area contributed by atoms with Crippen molar-refractivity contribution in [2.75, 3.05) is 11.3 Å². The van der Waals surface area contributed by atoms with E-state index in [1.54, 1.807) is 12.1 Å². The summed E-state index contributed by atoms with van der Waals surface area (Å²) in [5.41, 5.74) is 4.03. The number of nitrogens with zero attached hydrogens (tertiary/aromatic N) is 2. The summed E-state index contributed by atoms with van der Waals surface area (Å²) in [6.07, 6.45) is 4.82. The molecule has 0 aliphatic heterocycles. The van der Waals surface area contributed by atoms with Gasteiger partial charge in [-0.25, -0.2) is 8.42 Å². The molecule has 0 saturated heterocycles. The van der Waals surface area contributed by atoms with Crippen LogP contribution in [0.3, 0.4) is 0 Å². The summed E-state index contributed by atoms with van der Waals surface area (Å²) in [7, 11) is -3.30. The first-order valence-corrected chi connectivity index (χ1v) is 12.4. The van der Waals surface area contributed by atoms with E-state index in [0.29, 0.717) is 23.9 Å². The Bertz CT molecular complexity index is 1280. The van der Waals surface area contributed by atoms with E-state index in [1.807, 2.05) is 37.3 Å². The van der Waals surface area contributed by atoms with Gasteiger partial charge in [0.15, 0.2) is 0 Å². The Kier molecular flexibility index (Phi) is 4.90. The van der Waals surface area contributed by atoms with Crippen molar-refractivity contribution >= 4 is 26.6 Å². The van der Waals surface area contributed by atoms with Gasteiger partial charge < -0.3 is 9.30 Å². The van der Waals surface area contributed by atoms with E-state index < -0.39 is 10.0 Å². The van der Waals surface area contributed by atoms with Crippen LogP contribution in [-0.2, 0) is 10.0 Å². The predicted octanol–water partition coefficient (Wildman–Crippen LogP) is 5.21. The molecule has 0 radical (unpaired) electrons. The molecule has 5 rings (SSSR count). The van der Waals surface area contributed by atoms with Crippen molar-refractivity contribution in [2.45, 2.75) is 50.3 Å². The molecule has 0 unspecified atom stereocenters. The van der Waals surface area contributed by atoms with Crippen molar-refractivity contribution in [1.29, 1.82) is 5.26 Å². The average Bonchev–Trinajstić information content (AvgIpc) is 3.53. The van der Waals surface area contributed by atoms with Crippen molar-refractivity contribution in [3.05, 3.63) is 48.0 Å². The molecule has 0 spiro atoms. The lowest BCUT2D eigenvalue weighted by Crippen LogP contribution is -2.18. The standard InChI is InChI=1S/C24H25N3O3S/c1-2-30-19-10-13-23-21(14-19)22(15-25)24(27(23)18-4-3-5-18)16-6-8-17(9-7-16)26-31(28,29)20-11-12-20/h6-10,13-14,18,20,26H,2-5,11-12H2,1H3. The van der Waals surface area contributed by atoms with Gasteiger partial charge in [-0.1, -0.05) is 12.1 Å². The summed E-state index contributed by atoms with van der Waals surface area (Å²) < 4.78 is 35.1. The lowest BCUT2D eigenvalue weighted by atomic mass is 9.92. The van der Waals surface area contributed by atoms with Gasteiger partial charge in [0.2, 0.25) is 10.0 Å². The van der Waals surface area contributed by atoms with E-state index in [2.05, 4.69) is 15.4 Å². The highest BCUT2D eigenvalue weighted by Gasteiger charge is 2.35. The first-order chi connectivity index (χ1) is 15.0. The topological polar surface area (TPSA) is 84.1 Å². The van der Waals surface area contributed by atoms with Crippen LogP contribution < -0.4 is 9.46 Å². The Labute approximate surface area is 182 Å². The molecule has 0 amide bonds. The van der Waals surface area contributed by atoms with E-state index >= 15 is 0 Å². The largest absolute Gasteiger partial charge is 0.494 e. The number of nitriles is 1. The molecule has 0 atom stereocenters. The Hall–Kier alpha value is -2.98. The summed E-state index contributed by atoms with van der Waals surface area (Å²) in [4.78, 5) is 0. The minimum absolute atomic E-state index is 0.266. The lowest BCUT2D eigenvalue weighted by molar-refractivity contribution is 0.324. The second kappa shape index (κ2) is 7.61. The van der Waals surface area contributed by atoms with Gasteiger partial charge >= 0.3 is 0 Å². The van der Waals surface area contributed by atoms with Gasteiger partial charge in [0.25, 0.3) is 0 Å². The zero-order valence-electron chi connectivity index (χ0n) is 17.5. The number of sulfonamides is 1. The van der Waals surface area contributed by atoms with E-state index in [1.165, 1.54) is 6.42 Å². The lowest BCUT2D eigenvalue weighted by Gasteiger charge is -2.30. The molecule has 2 aliphatic rings. The molecular weight excluding hydrogens is 410 g/mol. The maximum absolute atomic E-state index is 12.2. The summed E-state index contributed by atoms with van der Waals surface area (Å²) in [5.74, 6) is 0.758. The van der Waals surface area contributed by atoms with Crippen LogP contribution in [0, 0.1) is 11.3 Å². The number of rotatable bonds is 7. The van der Waals surface area contributed by atoms with E-state index in [9.17, 15) is 13.7 Å². The van der Waals surface area contributed by atoms with Crippen molar-refractivity contribution in [3.63, 3.8) is 0 Å². The molecule has 0 bridgehead atoms. The molecule has 2 aromatic carbocycles. The molecule has 1 aromatic heterocycles. The molecule has 2 aliphatic carbocycles. The Morgan fingerprint density at radius 1 is 1.13 bits per heavy atom. The second-order valence-corrected chi connectivity index (χ2v) is 10.3. The van der Waals surface area contributed by atoms with E-state index in [-0.39, 0.29) is 5.25 Å². The van der Waals surface area contributed by atoms with E-state index in [4.69, 9.17) is 4.74 Å². The van der Waals surface area contributed by atoms with Crippen LogP contribution in [-0.4, -0.2) is 24.8 Å². The van der Waals surface area contributed by atoms with Gasteiger partial charge in [-0.3, -0.25) is 4.72 Å². The number of benzene rings is 2. The minimum Gasteiger partial charge on any atom is -0.494 e. The van der Waals surface area contributed by atoms with Gasteiger partial charge in [-0.2, -0.15) is 5.26 Å². The summed E-state index contributed by atoms with van der Waals surface area (Å²) >= 11 is 0. The van der Waals surface area contributed by atoms with Gasteiger partial charge in [0.05, 0.1) is 28.6 Å². The van der Waals surface area contributed by atoms with Gasteiger partial charge in [-0.05, 0) is 74.9 Å². The molecule has 160 valence electrons. The van der Waals surface area contributed by atoms with Crippen LogP contribution >= 0.6 is 0 Å². The zero-order valence-corrected chi connectivity index (χ0v) is 18.3. The molecular formula is C24H25N3O3S. The zero-order chi connectivity index (χ0) is 21.6. The normalized spacial score (nSPS) is 16.6. The third kappa shape index (κ3) is 3.55. The van der Waals surface area contributed by atoms with Crippen LogP contribution in [0.15, 0.2) is 42.5 Å². The van der Waals surface area contributed by atoms with Crippen LogP contribution in [0.5, 0.6) is 5.75 Å². The molecule has 3 aromatic rings. The van der Waals surface area contributed by atoms with Gasteiger partial charge in [0.1, 0.15) is 11.8 Å². The maximum Gasteiger partial charge on any atom is 0.235 e. The fourth-order valence-electron chi connectivity index (χ4n) is 4.29. The maximum atomic E-state index is 12.2. The molecule has 2 fully saturated rings. The third-order valence-corrected chi connectivity index (χ3v) is 8.09. The third-order valence-electron chi connectivity index (χ3n) is 6.22. The second-order valence-electron chi connectivity index (χ2n) is 8.33. The highest BCUT2D eigenvalue weighted by molar-refractivity contribution is 7.93. The number of hydrogen-bond donors (Lipinski definition) is 1. The summed E-state index contributed by atoms with van der Waals surface area (Å²) in [5, 5.41) is 10.7. The molecule has 1 heterocycles. The predicted molar refractivity (Wildman–Crippen MR) is 122 cm³/mol. The molecule has 1 N–H and O–H groups in total. The van der Waals surface area contributed by atoms with Gasteiger partial charge in [-0.15, -0.1) is 0 Å². The average molecular weight is 436 g/mol. The number of aromatic nitrogens is 1. The molecule has 31 heavy (non-hydrogen) atoms. The number of hydrogen-bond acceptors (Lipinski definition) is 4. The summed E-state index contributed by atoms with van der Waals surface area (Å²) in [6, 6.07) is 16.1. The Balaban J connectivity index is 1.60. The molecule has 7 heteroatoms. The van der Waals surface area contributed by atoms with Crippen molar-refractivity contribution in [1.82, 2.24) is 4.57 Å². The summed E-state index contributed by atoms with van der Waals surface area (Å²) in [6.45, 7) is 2.52. The smallest absolute Gasteiger partial charge is 0.235 e. The van der Waals surface area contributed by atoms with E-state index in [0.717, 1.165) is 53.6 Å². The van der Waals surface area contributed by atoms with Crippen LogP contribution in [0.2, 0.25) is 0 Å². The van der Waals surface area contributed by atoms with Crippen LogP contribution in [0.25, 0.3) is 22.2 Å². The number of fused-ring (bicyclic) bond motifs is 1. The first kappa shape index (κ1) is 20.0. The number of ether oxygens (including phenoxy) is 1. The fraction of sp³-hybridized carbons (Fsp3) is 0.375. The fourth-order valence-corrected chi connectivity index (χ4v) is 5.68. The van der Waals surface area contributed by atoms with Crippen molar-refractivity contribution in [3.8, 4) is 23.1 Å². The first-order valence-electron chi connectivity index (χ1n) is 10.8. The Morgan fingerprint density at radius 3 is 2.45 bits per heavy atom. The van der Waals surface area contributed by atoms with Crippen LogP contribution in [0.1, 0.15) is 50.6 Å². The highest BCUT2D eigenvalue weighted by atomic mass is 32.2. The number of nitrogens with one attached hydrogen (secondary N) is 1. The minimum atomic E-state index is -3.30. The molecule has 6 nitrogen and oxygen atoms in total.